The Bertz CT molecular complexity index is 1190. The van der Waals surface area contributed by atoms with E-state index in [2.05, 4.69) is 21.9 Å². The lowest BCUT2D eigenvalue weighted by atomic mass is 9.66. The van der Waals surface area contributed by atoms with Crippen molar-refractivity contribution in [3.05, 3.63) is 47.5 Å². The molecule has 2 aromatic rings. The van der Waals surface area contributed by atoms with Crippen LogP contribution < -0.4 is 18.9 Å². The lowest BCUT2D eigenvalue weighted by Gasteiger charge is -2.47. The molecule has 3 fully saturated rings. The van der Waals surface area contributed by atoms with Crippen LogP contribution in [-0.4, -0.2) is 97.4 Å². The standard InChI is InChI=1S/C30H36N4O6/c35-28(33-12-8-31(9-13-33)18-22-2-4-24-26(16-22)39-20-37-24)30(6-1-7-30)29(36)34-14-10-32(11-15-34)19-23-3-5-25-27(17-23)40-21-38-25/h2-5,16-17H,1,6-15,18-21H2. The highest BCUT2D eigenvalue weighted by molar-refractivity contribution is 6.06. The van der Waals surface area contributed by atoms with Crippen LogP contribution in [0.3, 0.4) is 0 Å². The Morgan fingerprint density at radius 3 is 1.43 bits per heavy atom. The SMILES string of the molecule is O=C(N1CCN(Cc2ccc3c(c2)OCO3)CC1)C1(C(=O)N2CCN(Cc3ccc4c(c3)OCO4)CC2)CCC1. The second-order valence-electron chi connectivity index (χ2n) is 11.4. The van der Waals surface area contributed by atoms with E-state index in [0.717, 1.165) is 68.7 Å². The van der Waals surface area contributed by atoms with Gasteiger partial charge in [0.05, 0.1) is 0 Å². The van der Waals surface area contributed by atoms with Gasteiger partial charge in [-0.05, 0) is 48.2 Å². The summed E-state index contributed by atoms with van der Waals surface area (Å²) in [7, 11) is 0. The van der Waals surface area contributed by atoms with E-state index in [9.17, 15) is 9.59 Å². The zero-order valence-electron chi connectivity index (χ0n) is 22.8. The first-order valence-electron chi connectivity index (χ1n) is 14.4. The molecule has 212 valence electrons. The van der Waals surface area contributed by atoms with Gasteiger partial charge in [-0.3, -0.25) is 19.4 Å². The van der Waals surface area contributed by atoms with Gasteiger partial charge in [-0.25, -0.2) is 0 Å². The highest BCUT2D eigenvalue weighted by atomic mass is 16.7. The third kappa shape index (κ3) is 4.73. The molecule has 0 spiro atoms. The molecule has 0 radical (unpaired) electrons. The van der Waals surface area contributed by atoms with Gasteiger partial charge in [-0.15, -0.1) is 0 Å². The molecular formula is C30H36N4O6. The molecule has 0 bridgehead atoms. The molecule has 0 atom stereocenters. The van der Waals surface area contributed by atoms with Crippen LogP contribution in [0.25, 0.3) is 0 Å². The molecule has 0 aromatic heterocycles. The van der Waals surface area contributed by atoms with Crippen LogP contribution in [0.15, 0.2) is 36.4 Å². The number of hydrogen-bond donors (Lipinski definition) is 0. The smallest absolute Gasteiger partial charge is 0.238 e. The minimum atomic E-state index is -0.862. The topological polar surface area (TPSA) is 84.0 Å². The fourth-order valence-corrected chi connectivity index (χ4v) is 6.47. The third-order valence-corrected chi connectivity index (χ3v) is 9.03. The van der Waals surface area contributed by atoms with Crippen molar-refractivity contribution in [3.8, 4) is 23.0 Å². The molecule has 10 nitrogen and oxygen atoms in total. The quantitative estimate of drug-likeness (QED) is 0.509. The average Bonchev–Trinajstić information content (AvgIpc) is 3.62. The average molecular weight is 549 g/mol. The zero-order chi connectivity index (χ0) is 27.1. The van der Waals surface area contributed by atoms with Gasteiger partial charge in [0.1, 0.15) is 5.41 Å². The van der Waals surface area contributed by atoms with Crippen LogP contribution in [0.5, 0.6) is 23.0 Å². The normalized spacial score (nSPS) is 21.8. The van der Waals surface area contributed by atoms with Crippen molar-refractivity contribution in [2.75, 3.05) is 65.9 Å². The van der Waals surface area contributed by atoms with Gasteiger partial charge in [0, 0.05) is 65.4 Å². The number of carbonyl (C=O) groups excluding carboxylic acids is 2. The first kappa shape index (κ1) is 25.5. The summed E-state index contributed by atoms with van der Waals surface area (Å²) in [6.45, 7) is 7.96. The number of amides is 2. The van der Waals surface area contributed by atoms with E-state index in [1.54, 1.807) is 0 Å². The second-order valence-corrected chi connectivity index (χ2v) is 11.4. The maximum absolute atomic E-state index is 13.8. The fourth-order valence-electron chi connectivity index (χ4n) is 6.47. The third-order valence-electron chi connectivity index (χ3n) is 9.03. The molecule has 4 heterocycles. The highest BCUT2D eigenvalue weighted by Crippen LogP contribution is 2.45. The number of nitrogens with zero attached hydrogens (tertiary/aromatic N) is 4. The second kappa shape index (κ2) is 10.5. The van der Waals surface area contributed by atoms with Crippen molar-refractivity contribution >= 4 is 11.8 Å². The fraction of sp³-hybridized carbons (Fsp3) is 0.533. The summed E-state index contributed by atoms with van der Waals surface area (Å²) in [6.07, 6.45) is 2.27. The van der Waals surface area contributed by atoms with E-state index in [-0.39, 0.29) is 25.4 Å². The van der Waals surface area contributed by atoms with Gasteiger partial charge in [0.2, 0.25) is 25.4 Å². The summed E-state index contributed by atoms with van der Waals surface area (Å²) < 4.78 is 21.9. The summed E-state index contributed by atoms with van der Waals surface area (Å²) in [5.74, 6) is 3.25. The van der Waals surface area contributed by atoms with Crippen LogP contribution in [0.1, 0.15) is 30.4 Å². The van der Waals surface area contributed by atoms with Crippen LogP contribution in [0.4, 0.5) is 0 Å². The number of benzene rings is 2. The molecule has 4 aliphatic heterocycles. The van der Waals surface area contributed by atoms with Crippen LogP contribution in [0, 0.1) is 5.41 Å². The van der Waals surface area contributed by atoms with E-state index >= 15 is 0 Å². The largest absolute Gasteiger partial charge is 0.454 e. The molecule has 40 heavy (non-hydrogen) atoms. The Balaban J connectivity index is 0.916. The number of rotatable bonds is 6. The summed E-state index contributed by atoms with van der Waals surface area (Å²) in [5, 5.41) is 0. The van der Waals surface area contributed by atoms with E-state index in [4.69, 9.17) is 18.9 Å². The van der Waals surface area contributed by atoms with Gasteiger partial charge in [-0.1, -0.05) is 18.6 Å². The Labute approximate surface area is 234 Å². The van der Waals surface area contributed by atoms with Crippen molar-refractivity contribution in [1.82, 2.24) is 19.6 Å². The van der Waals surface area contributed by atoms with Crippen molar-refractivity contribution in [2.24, 2.45) is 5.41 Å². The number of fused-ring (bicyclic) bond motifs is 2. The number of hydrogen-bond acceptors (Lipinski definition) is 8. The van der Waals surface area contributed by atoms with Gasteiger partial charge >= 0.3 is 0 Å². The molecular weight excluding hydrogens is 512 g/mol. The molecule has 2 amide bonds. The van der Waals surface area contributed by atoms with E-state index < -0.39 is 5.41 Å². The summed E-state index contributed by atoms with van der Waals surface area (Å²) in [5.41, 5.74) is 1.48. The summed E-state index contributed by atoms with van der Waals surface area (Å²) in [4.78, 5) is 36.1. The lowest BCUT2D eigenvalue weighted by Crippen LogP contribution is -2.62. The van der Waals surface area contributed by atoms with Crippen molar-refractivity contribution < 1.29 is 28.5 Å². The minimum Gasteiger partial charge on any atom is -0.454 e. The first-order chi connectivity index (χ1) is 19.6. The molecule has 2 saturated heterocycles. The Kier molecular flexibility index (Phi) is 6.67. The lowest BCUT2D eigenvalue weighted by molar-refractivity contribution is -0.165. The first-order valence-corrected chi connectivity index (χ1v) is 14.4. The zero-order valence-corrected chi connectivity index (χ0v) is 22.8. The van der Waals surface area contributed by atoms with Crippen LogP contribution >= 0.6 is 0 Å². The molecule has 1 saturated carbocycles. The molecule has 2 aromatic carbocycles. The van der Waals surface area contributed by atoms with E-state index in [1.807, 2.05) is 34.1 Å². The molecule has 0 N–H and O–H groups in total. The van der Waals surface area contributed by atoms with Crippen LogP contribution in [-0.2, 0) is 22.7 Å². The predicted octanol–water partition coefficient (Wildman–Crippen LogP) is 2.30. The minimum absolute atomic E-state index is 0.0364. The van der Waals surface area contributed by atoms with Gasteiger partial charge in [0.15, 0.2) is 23.0 Å². The molecule has 1 aliphatic carbocycles. The number of carbonyl (C=O) groups is 2. The Hall–Kier alpha value is -3.50. The van der Waals surface area contributed by atoms with Crippen molar-refractivity contribution in [1.29, 1.82) is 0 Å². The highest BCUT2D eigenvalue weighted by Gasteiger charge is 2.54. The van der Waals surface area contributed by atoms with Gasteiger partial charge < -0.3 is 28.7 Å². The maximum atomic E-state index is 13.8. The molecule has 5 aliphatic rings. The van der Waals surface area contributed by atoms with Gasteiger partial charge in [0.25, 0.3) is 0 Å². The Morgan fingerprint density at radius 2 is 1.02 bits per heavy atom. The molecule has 7 rings (SSSR count). The summed E-state index contributed by atoms with van der Waals surface area (Å²) in [6, 6.07) is 12.1. The monoisotopic (exact) mass is 548 g/mol. The summed E-state index contributed by atoms with van der Waals surface area (Å²) >= 11 is 0. The van der Waals surface area contributed by atoms with Crippen molar-refractivity contribution in [2.45, 2.75) is 32.4 Å². The van der Waals surface area contributed by atoms with Crippen LogP contribution in [0.2, 0.25) is 0 Å². The Morgan fingerprint density at radius 1 is 0.600 bits per heavy atom. The molecule has 10 heteroatoms. The van der Waals surface area contributed by atoms with E-state index in [0.29, 0.717) is 39.0 Å². The van der Waals surface area contributed by atoms with E-state index in [1.165, 1.54) is 11.1 Å². The maximum Gasteiger partial charge on any atom is 0.238 e. The predicted molar refractivity (Wildman–Crippen MR) is 145 cm³/mol. The van der Waals surface area contributed by atoms with Crippen molar-refractivity contribution in [3.63, 3.8) is 0 Å². The molecule has 0 unspecified atom stereocenters. The number of ether oxygens (including phenoxy) is 4. The number of piperazine rings is 2. The van der Waals surface area contributed by atoms with Gasteiger partial charge in [-0.2, -0.15) is 0 Å².